The number of benzene rings is 1. The van der Waals surface area contributed by atoms with Crippen molar-refractivity contribution in [2.45, 2.75) is 6.92 Å². The summed E-state index contributed by atoms with van der Waals surface area (Å²) in [4.78, 5) is 11.0. The summed E-state index contributed by atoms with van der Waals surface area (Å²) in [5.74, 6) is -0.417. The fourth-order valence-electron chi connectivity index (χ4n) is 1.07. The molecule has 0 unspecified atom stereocenters. The molecule has 0 radical (unpaired) electrons. The zero-order valence-electron chi connectivity index (χ0n) is 8.79. The molecule has 0 aliphatic heterocycles. The number of esters is 1. The van der Waals surface area contributed by atoms with Gasteiger partial charge < -0.3 is 15.2 Å². The van der Waals surface area contributed by atoms with Crippen molar-refractivity contribution in [2.75, 3.05) is 11.8 Å². The minimum Gasteiger partial charge on any atom is -0.733 e. The van der Waals surface area contributed by atoms with Crippen molar-refractivity contribution in [3.05, 3.63) is 41.1 Å². The molecule has 0 aliphatic carbocycles. The third kappa shape index (κ3) is 3.72. The summed E-state index contributed by atoms with van der Waals surface area (Å²) < 4.78 is 4.70. The minimum atomic E-state index is -0.417. The lowest BCUT2D eigenvalue weighted by Gasteiger charge is -2.21. The largest absolute Gasteiger partial charge is 0.733 e. The molecule has 86 valence electrons. The van der Waals surface area contributed by atoms with E-state index in [0.29, 0.717) is 6.61 Å². The average Bonchev–Trinajstić information content (AvgIpc) is 2.27. The van der Waals surface area contributed by atoms with Crippen LogP contribution in [0.4, 0.5) is 5.69 Å². The first-order valence-electron chi connectivity index (χ1n) is 4.74. The molecule has 0 saturated carbocycles. The van der Waals surface area contributed by atoms with Crippen molar-refractivity contribution in [2.24, 2.45) is 0 Å². The molecule has 1 rings (SSSR count). The first-order chi connectivity index (χ1) is 7.63. The van der Waals surface area contributed by atoms with E-state index in [4.69, 9.17) is 9.94 Å². The average molecular weight is 222 g/mol. The van der Waals surface area contributed by atoms with Crippen LogP contribution >= 0.6 is 0 Å². The van der Waals surface area contributed by atoms with E-state index in [1.165, 1.54) is 18.2 Å². The zero-order chi connectivity index (χ0) is 12.0. The lowest BCUT2D eigenvalue weighted by atomic mass is 10.2. The molecule has 0 saturated heterocycles. The molecule has 1 aromatic rings. The minimum absolute atomic E-state index is 0.133. The van der Waals surface area contributed by atoms with Crippen molar-refractivity contribution in [3.63, 3.8) is 0 Å². The molecule has 0 aliphatic rings. The number of nitrogens with zero attached hydrogens (tertiary/aromatic N) is 1. The van der Waals surface area contributed by atoms with Gasteiger partial charge in [-0.15, -0.1) is 0 Å². The van der Waals surface area contributed by atoms with Crippen LogP contribution < -0.4 is 5.23 Å². The van der Waals surface area contributed by atoms with Gasteiger partial charge in [0.2, 0.25) is 0 Å². The molecule has 1 N–H and O–H groups in total. The SMILES string of the molecule is CCOC(=O)/C=C/c1ccc(N([O-])O)cc1. The molecule has 0 aromatic heterocycles. The van der Waals surface area contributed by atoms with Gasteiger partial charge in [0, 0.05) is 6.08 Å². The smallest absolute Gasteiger partial charge is 0.330 e. The Labute approximate surface area is 93.1 Å². The molecule has 16 heavy (non-hydrogen) atoms. The van der Waals surface area contributed by atoms with Crippen LogP contribution in [-0.4, -0.2) is 17.8 Å². The van der Waals surface area contributed by atoms with E-state index in [1.807, 2.05) is 0 Å². The predicted octanol–water partition coefficient (Wildman–Crippen LogP) is 1.96. The Morgan fingerprint density at radius 2 is 2.12 bits per heavy atom. The van der Waals surface area contributed by atoms with Crippen LogP contribution in [0.3, 0.4) is 0 Å². The van der Waals surface area contributed by atoms with Crippen LogP contribution in [0, 0.1) is 5.21 Å². The van der Waals surface area contributed by atoms with Crippen molar-refractivity contribution in [3.8, 4) is 0 Å². The van der Waals surface area contributed by atoms with E-state index in [2.05, 4.69) is 0 Å². The topological polar surface area (TPSA) is 72.8 Å². The second-order valence-electron chi connectivity index (χ2n) is 2.95. The Hall–Kier alpha value is -1.85. The maximum Gasteiger partial charge on any atom is 0.330 e. The quantitative estimate of drug-likeness (QED) is 0.479. The Balaban J connectivity index is 2.65. The third-order valence-electron chi connectivity index (χ3n) is 1.81. The van der Waals surface area contributed by atoms with E-state index in [0.717, 1.165) is 5.56 Å². The van der Waals surface area contributed by atoms with Crippen LogP contribution in [0.25, 0.3) is 6.08 Å². The van der Waals surface area contributed by atoms with Crippen molar-refractivity contribution in [1.29, 1.82) is 0 Å². The van der Waals surface area contributed by atoms with Gasteiger partial charge in [-0.05, 0) is 30.7 Å². The van der Waals surface area contributed by atoms with Crippen molar-refractivity contribution >= 4 is 17.7 Å². The lowest BCUT2D eigenvalue weighted by molar-refractivity contribution is -0.137. The summed E-state index contributed by atoms with van der Waals surface area (Å²) in [7, 11) is 0. The van der Waals surface area contributed by atoms with Gasteiger partial charge in [-0.25, -0.2) is 4.79 Å². The third-order valence-corrected chi connectivity index (χ3v) is 1.81. The number of hydrogen-bond acceptors (Lipinski definition) is 5. The molecule has 5 nitrogen and oxygen atoms in total. The molecule has 0 fully saturated rings. The molecule has 0 heterocycles. The maximum atomic E-state index is 11.0. The first kappa shape index (κ1) is 12.2. The van der Waals surface area contributed by atoms with E-state index in [1.54, 1.807) is 25.1 Å². The Bertz CT molecular complexity index is 370. The van der Waals surface area contributed by atoms with Gasteiger partial charge in [0.05, 0.1) is 12.3 Å². The van der Waals surface area contributed by atoms with Crippen LogP contribution in [0.15, 0.2) is 30.3 Å². The van der Waals surface area contributed by atoms with Gasteiger partial charge in [0.25, 0.3) is 0 Å². The van der Waals surface area contributed by atoms with E-state index in [-0.39, 0.29) is 10.9 Å². The van der Waals surface area contributed by atoms with Crippen molar-refractivity contribution in [1.82, 2.24) is 0 Å². The number of rotatable bonds is 4. The number of hydrogen-bond donors (Lipinski definition) is 1. The van der Waals surface area contributed by atoms with Crippen LogP contribution in [-0.2, 0) is 9.53 Å². The summed E-state index contributed by atoms with van der Waals surface area (Å²) in [5, 5.41) is 18.9. The number of anilines is 1. The van der Waals surface area contributed by atoms with Crippen LogP contribution in [0.2, 0.25) is 0 Å². The van der Waals surface area contributed by atoms with Gasteiger partial charge >= 0.3 is 5.97 Å². The second kappa shape index (κ2) is 5.89. The molecular weight excluding hydrogens is 210 g/mol. The Morgan fingerprint density at radius 3 is 2.62 bits per heavy atom. The van der Waals surface area contributed by atoms with Crippen molar-refractivity contribution < 1.29 is 14.7 Å². The summed E-state index contributed by atoms with van der Waals surface area (Å²) >= 11 is 0. The van der Waals surface area contributed by atoms with Gasteiger partial charge in [0.15, 0.2) is 0 Å². The number of carbonyl (C=O) groups excluding carboxylic acids is 1. The molecule has 0 atom stereocenters. The van der Waals surface area contributed by atoms with Gasteiger partial charge in [-0.1, -0.05) is 12.1 Å². The molecular formula is C11H12NO4-. The summed E-state index contributed by atoms with van der Waals surface area (Å²) in [6.45, 7) is 2.06. The van der Waals surface area contributed by atoms with Crippen LogP contribution in [0.1, 0.15) is 12.5 Å². The van der Waals surface area contributed by atoms with E-state index in [9.17, 15) is 10.0 Å². The van der Waals surface area contributed by atoms with E-state index < -0.39 is 5.97 Å². The predicted molar refractivity (Wildman–Crippen MR) is 59.7 cm³/mol. The highest BCUT2D eigenvalue weighted by molar-refractivity contribution is 5.87. The molecule has 0 bridgehead atoms. The molecule has 0 spiro atoms. The molecule has 0 amide bonds. The monoisotopic (exact) mass is 222 g/mol. The number of ether oxygens (including phenoxy) is 1. The molecule has 1 aromatic carbocycles. The second-order valence-corrected chi connectivity index (χ2v) is 2.95. The Morgan fingerprint density at radius 1 is 1.50 bits per heavy atom. The highest BCUT2D eigenvalue weighted by Gasteiger charge is 1.95. The van der Waals surface area contributed by atoms with Gasteiger partial charge in [0.1, 0.15) is 0 Å². The highest BCUT2D eigenvalue weighted by Crippen LogP contribution is 2.13. The maximum absolute atomic E-state index is 11.0. The lowest BCUT2D eigenvalue weighted by Crippen LogP contribution is -2.06. The summed E-state index contributed by atoms with van der Waals surface area (Å²) in [6.07, 6.45) is 2.86. The standard InChI is InChI=1S/C11H12NO4/c1-2-16-11(13)8-5-9-3-6-10(7-4-9)12(14)15/h3-8,14H,2H2,1H3/q-1/b8-5+. The summed E-state index contributed by atoms with van der Waals surface area (Å²) in [6, 6.07) is 6.09. The van der Waals surface area contributed by atoms with Crippen LogP contribution in [0.5, 0.6) is 0 Å². The fourth-order valence-corrected chi connectivity index (χ4v) is 1.07. The summed E-state index contributed by atoms with van der Waals surface area (Å²) in [5.41, 5.74) is 0.868. The molecule has 5 heteroatoms. The first-order valence-corrected chi connectivity index (χ1v) is 4.74. The van der Waals surface area contributed by atoms with E-state index >= 15 is 0 Å². The Kier molecular flexibility index (Phi) is 4.50. The van der Waals surface area contributed by atoms with Gasteiger partial charge in [-0.3, -0.25) is 5.21 Å². The normalized spacial score (nSPS) is 10.4. The zero-order valence-corrected chi connectivity index (χ0v) is 8.79. The number of carbonyl (C=O) groups is 1. The van der Waals surface area contributed by atoms with Gasteiger partial charge in [-0.2, -0.15) is 0 Å². The highest BCUT2D eigenvalue weighted by atomic mass is 16.8. The fraction of sp³-hybridized carbons (Fsp3) is 0.182.